The van der Waals surface area contributed by atoms with Crippen molar-refractivity contribution in [1.82, 2.24) is 5.32 Å². The first-order valence-electron chi connectivity index (χ1n) is 4.35. The molecule has 1 aliphatic rings. The second-order valence-electron chi connectivity index (χ2n) is 3.22. The van der Waals surface area contributed by atoms with E-state index in [2.05, 4.69) is 5.32 Å². The summed E-state index contributed by atoms with van der Waals surface area (Å²) in [5.74, 6) is 5.37. The SMILES string of the molecule is CNC(=O)C1CCC(ON)CC1. The van der Waals surface area contributed by atoms with Gasteiger partial charge in [0.05, 0.1) is 6.10 Å². The van der Waals surface area contributed by atoms with Crippen LogP contribution in [0.3, 0.4) is 0 Å². The predicted molar refractivity (Wildman–Crippen MR) is 45.1 cm³/mol. The molecule has 0 radical (unpaired) electrons. The van der Waals surface area contributed by atoms with Crippen molar-refractivity contribution in [3.63, 3.8) is 0 Å². The molecule has 0 aromatic rings. The molecule has 0 saturated heterocycles. The van der Waals surface area contributed by atoms with Crippen LogP contribution in [0.2, 0.25) is 0 Å². The Kier molecular flexibility index (Phi) is 3.49. The molecule has 0 aliphatic heterocycles. The summed E-state index contributed by atoms with van der Waals surface area (Å²) >= 11 is 0. The minimum atomic E-state index is 0.144. The number of carbonyl (C=O) groups is 1. The zero-order chi connectivity index (χ0) is 8.97. The maximum absolute atomic E-state index is 11.2. The van der Waals surface area contributed by atoms with E-state index in [1.165, 1.54) is 0 Å². The van der Waals surface area contributed by atoms with Gasteiger partial charge in [-0.3, -0.25) is 4.79 Å². The van der Waals surface area contributed by atoms with Crippen molar-refractivity contribution in [2.24, 2.45) is 11.8 Å². The molecule has 0 unspecified atom stereocenters. The van der Waals surface area contributed by atoms with E-state index in [0.717, 1.165) is 25.7 Å². The molecule has 1 saturated carbocycles. The Morgan fingerprint density at radius 3 is 2.42 bits per heavy atom. The van der Waals surface area contributed by atoms with Crippen LogP contribution in [0.25, 0.3) is 0 Å². The van der Waals surface area contributed by atoms with Crippen molar-refractivity contribution in [3.05, 3.63) is 0 Å². The Morgan fingerprint density at radius 2 is 2.00 bits per heavy atom. The normalized spacial score (nSPS) is 29.8. The molecular weight excluding hydrogens is 156 g/mol. The van der Waals surface area contributed by atoms with Crippen molar-refractivity contribution in [3.8, 4) is 0 Å². The van der Waals surface area contributed by atoms with Crippen LogP contribution in [0, 0.1) is 5.92 Å². The number of amides is 1. The topological polar surface area (TPSA) is 64.3 Å². The third-order valence-electron chi connectivity index (χ3n) is 2.48. The Labute approximate surface area is 72.4 Å². The highest BCUT2D eigenvalue weighted by atomic mass is 16.6. The lowest BCUT2D eigenvalue weighted by molar-refractivity contribution is -0.126. The summed E-state index contributed by atoms with van der Waals surface area (Å²) in [6.07, 6.45) is 3.73. The first kappa shape index (κ1) is 9.48. The molecule has 70 valence electrons. The number of nitrogens with two attached hydrogens (primary N) is 1. The monoisotopic (exact) mass is 172 g/mol. The molecule has 3 N–H and O–H groups in total. The summed E-state index contributed by atoms with van der Waals surface area (Å²) in [5.41, 5.74) is 0. The number of hydrogen-bond acceptors (Lipinski definition) is 3. The summed E-state index contributed by atoms with van der Waals surface area (Å²) in [6, 6.07) is 0. The second-order valence-corrected chi connectivity index (χ2v) is 3.22. The molecule has 0 aromatic carbocycles. The smallest absolute Gasteiger partial charge is 0.222 e. The fraction of sp³-hybridized carbons (Fsp3) is 0.875. The third kappa shape index (κ3) is 2.19. The summed E-state index contributed by atoms with van der Waals surface area (Å²) in [4.78, 5) is 15.9. The van der Waals surface area contributed by atoms with Gasteiger partial charge in [-0.2, -0.15) is 0 Å². The van der Waals surface area contributed by atoms with Crippen molar-refractivity contribution >= 4 is 5.91 Å². The number of rotatable bonds is 2. The molecule has 0 aromatic heterocycles. The van der Waals surface area contributed by atoms with Crippen LogP contribution in [-0.4, -0.2) is 19.1 Å². The molecule has 0 heterocycles. The Bertz CT molecular complexity index is 153. The maximum atomic E-state index is 11.2. The number of hydrogen-bond donors (Lipinski definition) is 2. The van der Waals surface area contributed by atoms with Gasteiger partial charge in [-0.25, -0.2) is 5.90 Å². The van der Waals surface area contributed by atoms with Crippen LogP contribution in [-0.2, 0) is 9.63 Å². The van der Waals surface area contributed by atoms with E-state index in [9.17, 15) is 4.79 Å². The van der Waals surface area contributed by atoms with E-state index in [0.29, 0.717) is 0 Å². The Morgan fingerprint density at radius 1 is 1.42 bits per heavy atom. The molecule has 0 spiro atoms. The molecule has 12 heavy (non-hydrogen) atoms. The van der Waals surface area contributed by atoms with Crippen LogP contribution < -0.4 is 11.2 Å². The van der Waals surface area contributed by atoms with Gasteiger partial charge in [0.2, 0.25) is 5.91 Å². The van der Waals surface area contributed by atoms with E-state index in [-0.39, 0.29) is 17.9 Å². The van der Waals surface area contributed by atoms with Gasteiger partial charge in [0, 0.05) is 13.0 Å². The zero-order valence-electron chi connectivity index (χ0n) is 7.38. The first-order valence-corrected chi connectivity index (χ1v) is 4.35. The molecule has 4 heteroatoms. The second kappa shape index (κ2) is 4.42. The van der Waals surface area contributed by atoms with Crippen LogP contribution in [0.1, 0.15) is 25.7 Å². The lowest BCUT2D eigenvalue weighted by Gasteiger charge is -2.25. The van der Waals surface area contributed by atoms with Gasteiger partial charge in [0.15, 0.2) is 0 Å². The van der Waals surface area contributed by atoms with E-state index < -0.39 is 0 Å². The first-order chi connectivity index (χ1) is 5.77. The van der Waals surface area contributed by atoms with Crippen molar-refractivity contribution < 1.29 is 9.63 Å². The van der Waals surface area contributed by atoms with Crippen LogP contribution >= 0.6 is 0 Å². The lowest BCUT2D eigenvalue weighted by atomic mass is 9.87. The van der Waals surface area contributed by atoms with E-state index in [1.807, 2.05) is 0 Å². The molecule has 0 atom stereocenters. The highest BCUT2D eigenvalue weighted by molar-refractivity contribution is 5.78. The summed E-state index contributed by atoms with van der Waals surface area (Å²) in [6.45, 7) is 0. The molecule has 1 aliphatic carbocycles. The fourth-order valence-corrected chi connectivity index (χ4v) is 1.67. The van der Waals surface area contributed by atoms with Gasteiger partial charge >= 0.3 is 0 Å². The minimum Gasteiger partial charge on any atom is -0.359 e. The van der Waals surface area contributed by atoms with E-state index in [1.54, 1.807) is 7.05 Å². The molecule has 4 nitrogen and oxygen atoms in total. The van der Waals surface area contributed by atoms with Gasteiger partial charge in [0.25, 0.3) is 0 Å². The van der Waals surface area contributed by atoms with Crippen molar-refractivity contribution in [2.45, 2.75) is 31.8 Å². The highest BCUT2D eigenvalue weighted by Crippen LogP contribution is 2.25. The van der Waals surface area contributed by atoms with Gasteiger partial charge < -0.3 is 10.2 Å². The largest absolute Gasteiger partial charge is 0.359 e. The van der Waals surface area contributed by atoms with Crippen LogP contribution in [0.15, 0.2) is 0 Å². The van der Waals surface area contributed by atoms with Gasteiger partial charge in [0.1, 0.15) is 0 Å². The Hall–Kier alpha value is -0.610. The quantitative estimate of drug-likeness (QED) is 0.584. The predicted octanol–water partition coefficient (Wildman–Crippen LogP) is 0.181. The molecular formula is C8H16N2O2. The van der Waals surface area contributed by atoms with E-state index >= 15 is 0 Å². The Balaban J connectivity index is 2.30. The van der Waals surface area contributed by atoms with Crippen molar-refractivity contribution in [1.29, 1.82) is 0 Å². The fourth-order valence-electron chi connectivity index (χ4n) is 1.67. The van der Waals surface area contributed by atoms with Gasteiger partial charge in [-0.15, -0.1) is 0 Å². The summed E-state index contributed by atoms with van der Waals surface area (Å²) in [7, 11) is 1.67. The number of nitrogens with one attached hydrogen (secondary N) is 1. The summed E-state index contributed by atoms with van der Waals surface area (Å²) in [5, 5.41) is 2.66. The third-order valence-corrected chi connectivity index (χ3v) is 2.48. The minimum absolute atomic E-state index is 0.144. The number of carbonyl (C=O) groups excluding carboxylic acids is 1. The zero-order valence-corrected chi connectivity index (χ0v) is 7.38. The standard InChI is InChI=1S/C8H16N2O2/c1-10-8(11)6-2-4-7(12-9)5-3-6/h6-7H,2-5,9H2,1H3,(H,10,11). The maximum Gasteiger partial charge on any atom is 0.222 e. The van der Waals surface area contributed by atoms with Crippen LogP contribution in [0.5, 0.6) is 0 Å². The molecule has 0 bridgehead atoms. The summed E-state index contributed by atoms with van der Waals surface area (Å²) < 4.78 is 0. The molecule has 1 fully saturated rings. The van der Waals surface area contributed by atoms with Crippen LogP contribution in [0.4, 0.5) is 0 Å². The van der Waals surface area contributed by atoms with Gasteiger partial charge in [-0.05, 0) is 25.7 Å². The van der Waals surface area contributed by atoms with Gasteiger partial charge in [-0.1, -0.05) is 0 Å². The molecule has 1 amide bonds. The average Bonchev–Trinajstić information content (AvgIpc) is 2.17. The molecule has 1 rings (SSSR count). The average molecular weight is 172 g/mol. The lowest BCUT2D eigenvalue weighted by Crippen LogP contribution is -2.33. The van der Waals surface area contributed by atoms with Crippen molar-refractivity contribution in [2.75, 3.05) is 7.05 Å². The highest BCUT2D eigenvalue weighted by Gasteiger charge is 2.25. The van der Waals surface area contributed by atoms with E-state index in [4.69, 9.17) is 10.7 Å².